The molecule has 0 aromatic carbocycles. The van der Waals surface area contributed by atoms with Gasteiger partial charge in [0.1, 0.15) is 11.7 Å². The molecule has 102 valence electrons. The zero-order chi connectivity index (χ0) is 14.3. The molecule has 0 aliphatic heterocycles. The molecule has 0 saturated carbocycles. The van der Waals surface area contributed by atoms with Gasteiger partial charge in [-0.05, 0) is 12.1 Å². The van der Waals surface area contributed by atoms with Gasteiger partial charge in [0, 0.05) is 0 Å². The maximum atomic E-state index is 10.4. The fourth-order valence-electron chi connectivity index (χ4n) is 0.868. The van der Waals surface area contributed by atoms with E-state index in [0.29, 0.717) is 0 Å². The minimum absolute atomic E-state index is 0.0851. The van der Waals surface area contributed by atoms with Gasteiger partial charge in [-0.15, -0.1) is 0 Å². The van der Waals surface area contributed by atoms with Crippen molar-refractivity contribution in [2.24, 2.45) is 0 Å². The summed E-state index contributed by atoms with van der Waals surface area (Å²) in [5, 5.41) is 17.1. The number of hydrogen-bond donors (Lipinski definition) is 2. The lowest BCUT2D eigenvalue weighted by Gasteiger charge is -2.21. The summed E-state index contributed by atoms with van der Waals surface area (Å²) in [5.41, 5.74) is -0.223. The van der Waals surface area contributed by atoms with Crippen LogP contribution in [0.15, 0.2) is 12.1 Å². The maximum absolute atomic E-state index is 10.4. The summed E-state index contributed by atoms with van der Waals surface area (Å²) in [5.74, 6) is -1.18. The number of nitrogens with zero attached hydrogens (tertiary/aromatic N) is 2. The van der Waals surface area contributed by atoms with Crippen LogP contribution in [-0.4, -0.2) is 59.9 Å². The first-order valence-corrected chi connectivity index (χ1v) is 5.89. The van der Waals surface area contributed by atoms with E-state index in [2.05, 4.69) is 26.1 Å². The molecule has 0 amide bonds. The van der Waals surface area contributed by atoms with Crippen molar-refractivity contribution in [3.8, 4) is 0 Å². The van der Waals surface area contributed by atoms with Crippen molar-refractivity contribution in [3.05, 3.63) is 28.0 Å². The first kappa shape index (κ1) is 17.1. The predicted octanol–water partition coefficient (Wildman–Crippen LogP) is 1.77. The van der Waals surface area contributed by atoms with Gasteiger partial charge in [-0.1, -0.05) is 23.2 Å². The Bertz CT molecular complexity index is 406. The van der Waals surface area contributed by atoms with Crippen LogP contribution in [0.5, 0.6) is 0 Å². The fraction of sp³-hybridized carbons (Fsp3) is 0.455. The van der Waals surface area contributed by atoms with Crippen molar-refractivity contribution in [3.63, 3.8) is 0 Å². The monoisotopic (exact) mass is 295 g/mol. The van der Waals surface area contributed by atoms with Gasteiger partial charge >= 0.3 is 5.97 Å². The van der Waals surface area contributed by atoms with Gasteiger partial charge in [-0.25, -0.2) is 9.78 Å². The van der Waals surface area contributed by atoms with Gasteiger partial charge in [-0.3, -0.25) is 0 Å². The highest BCUT2D eigenvalue weighted by Gasteiger charge is 2.09. The number of aliphatic hydroxyl groups is 1. The Morgan fingerprint density at radius 2 is 1.89 bits per heavy atom. The molecule has 0 bridgehead atoms. The first-order valence-electron chi connectivity index (χ1n) is 5.14. The maximum Gasteiger partial charge on any atom is 0.356 e. The highest BCUT2D eigenvalue weighted by molar-refractivity contribution is 6.34. The quantitative estimate of drug-likeness (QED) is 0.659. The number of rotatable bonds is 3. The molecule has 1 rings (SSSR count). The summed E-state index contributed by atoms with van der Waals surface area (Å²) < 4.78 is 0.844. The van der Waals surface area contributed by atoms with Gasteiger partial charge in [0.25, 0.3) is 0 Å². The molecular formula is C11H17Cl2N2O3+. The van der Waals surface area contributed by atoms with Crippen LogP contribution in [0.4, 0.5) is 0 Å². The van der Waals surface area contributed by atoms with E-state index in [1.54, 1.807) is 0 Å². The Morgan fingerprint density at radius 1 is 1.33 bits per heavy atom. The molecule has 2 N–H and O–H groups in total. The first-order chi connectivity index (χ1) is 8.17. The van der Waals surface area contributed by atoms with E-state index in [1.165, 1.54) is 12.1 Å². The molecule has 0 aliphatic rings. The number of likely N-dealkylation sites (N-methyl/N-ethyl adjacent to an activating group) is 1. The highest BCUT2D eigenvalue weighted by Crippen LogP contribution is 2.16. The van der Waals surface area contributed by atoms with Crippen LogP contribution in [0.25, 0.3) is 0 Å². The topological polar surface area (TPSA) is 70.4 Å². The molecule has 0 aliphatic carbocycles. The molecule has 1 heterocycles. The number of aliphatic hydroxyl groups excluding tert-OH is 1. The van der Waals surface area contributed by atoms with Gasteiger partial charge < -0.3 is 14.7 Å². The van der Waals surface area contributed by atoms with Gasteiger partial charge in [0.05, 0.1) is 32.8 Å². The highest BCUT2D eigenvalue weighted by atomic mass is 35.5. The third kappa shape index (κ3) is 7.45. The smallest absolute Gasteiger partial charge is 0.356 e. The molecule has 7 heteroatoms. The third-order valence-corrected chi connectivity index (χ3v) is 2.30. The van der Waals surface area contributed by atoms with Gasteiger partial charge in [-0.2, -0.15) is 0 Å². The molecule has 0 atom stereocenters. The van der Waals surface area contributed by atoms with Crippen LogP contribution in [0.2, 0.25) is 10.2 Å². The molecule has 0 saturated heterocycles. The van der Waals surface area contributed by atoms with Crippen LogP contribution >= 0.6 is 23.2 Å². The second kappa shape index (κ2) is 7.53. The second-order valence-electron chi connectivity index (χ2n) is 4.51. The summed E-state index contributed by atoms with van der Waals surface area (Å²) in [6.07, 6.45) is 0. The third-order valence-electron chi connectivity index (χ3n) is 1.79. The second-order valence-corrected chi connectivity index (χ2v) is 5.30. The van der Waals surface area contributed by atoms with E-state index in [9.17, 15) is 4.79 Å². The number of pyridine rings is 1. The Kier molecular flexibility index (Phi) is 7.16. The van der Waals surface area contributed by atoms with Gasteiger partial charge in [0.2, 0.25) is 0 Å². The summed E-state index contributed by atoms with van der Waals surface area (Å²) >= 11 is 10.9. The van der Waals surface area contributed by atoms with Gasteiger partial charge in [0.15, 0.2) is 5.69 Å². The number of aromatic carboxylic acids is 1. The zero-order valence-electron chi connectivity index (χ0n) is 10.5. The number of quaternary nitrogens is 1. The predicted molar refractivity (Wildman–Crippen MR) is 71.2 cm³/mol. The summed E-state index contributed by atoms with van der Waals surface area (Å²) in [6, 6.07) is 2.82. The van der Waals surface area contributed by atoms with Crippen LogP contribution in [0, 0.1) is 0 Å². The average molecular weight is 296 g/mol. The lowest BCUT2D eigenvalue weighted by atomic mass is 10.3. The van der Waals surface area contributed by atoms with E-state index in [1.807, 2.05) is 0 Å². The number of carbonyl (C=O) groups is 1. The molecule has 1 aromatic rings. The molecule has 0 spiro atoms. The van der Waals surface area contributed by atoms with E-state index in [0.717, 1.165) is 11.0 Å². The number of hydrogen-bond acceptors (Lipinski definition) is 3. The SMILES string of the molecule is C[N+](C)(C)CCO.O=C(O)c1nc(Cl)ccc1Cl. The molecule has 0 fully saturated rings. The largest absolute Gasteiger partial charge is 0.476 e. The van der Waals surface area contributed by atoms with E-state index in [4.69, 9.17) is 33.4 Å². The minimum Gasteiger partial charge on any atom is -0.476 e. The number of carboxylic acid groups (broad SMARTS) is 1. The van der Waals surface area contributed by atoms with Crippen molar-refractivity contribution in [1.29, 1.82) is 0 Å². The normalized spacial score (nSPS) is 10.6. The summed E-state index contributed by atoms with van der Waals surface area (Å²) in [7, 11) is 6.16. The lowest BCUT2D eigenvalue weighted by molar-refractivity contribution is -0.870. The Morgan fingerprint density at radius 3 is 2.17 bits per heavy atom. The van der Waals surface area contributed by atoms with Crippen molar-refractivity contribution in [2.75, 3.05) is 34.3 Å². The van der Waals surface area contributed by atoms with Crippen LogP contribution < -0.4 is 0 Å². The fourth-order valence-corrected chi connectivity index (χ4v) is 1.20. The van der Waals surface area contributed by atoms with Crippen LogP contribution in [0.1, 0.15) is 10.5 Å². The Balaban J connectivity index is 0.000000360. The van der Waals surface area contributed by atoms with Crippen LogP contribution in [0.3, 0.4) is 0 Å². The Labute approximate surface area is 116 Å². The molecular weight excluding hydrogens is 279 g/mol. The average Bonchev–Trinajstić information content (AvgIpc) is 2.20. The van der Waals surface area contributed by atoms with Crippen LogP contribution in [-0.2, 0) is 0 Å². The molecule has 1 aromatic heterocycles. The summed E-state index contributed by atoms with van der Waals surface area (Å²) in [6.45, 7) is 1.11. The molecule has 0 radical (unpaired) electrons. The van der Waals surface area contributed by atoms with Crippen molar-refractivity contribution in [2.45, 2.75) is 0 Å². The van der Waals surface area contributed by atoms with Crippen molar-refractivity contribution in [1.82, 2.24) is 4.98 Å². The van der Waals surface area contributed by atoms with Crippen molar-refractivity contribution >= 4 is 29.2 Å². The van der Waals surface area contributed by atoms with Crippen molar-refractivity contribution < 1.29 is 19.5 Å². The summed E-state index contributed by atoms with van der Waals surface area (Å²) in [4.78, 5) is 13.9. The number of aromatic nitrogens is 1. The standard InChI is InChI=1S/C6H3Cl2NO2.C5H14NO/c7-3-1-2-4(8)9-5(3)6(10)11;1-6(2,3)4-5-7/h1-2H,(H,10,11);7H,4-5H2,1-3H3/q;+1. The molecule has 18 heavy (non-hydrogen) atoms. The minimum atomic E-state index is -1.18. The molecule has 5 nitrogen and oxygen atoms in total. The van der Waals surface area contributed by atoms with E-state index < -0.39 is 5.97 Å². The Hall–Kier alpha value is -0.880. The number of halogens is 2. The number of carboxylic acids is 1. The van der Waals surface area contributed by atoms with E-state index >= 15 is 0 Å². The lowest BCUT2D eigenvalue weighted by Crippen LogP contribution is -2.36. The zero-order valence-corrected chi connectivity index (χ0v) is 12.0. The van der Waals surface area contributed by atoms with E-state index in [-0.39, 0.29) is 22.5 Å². The molecule has 0 unspecified atom stereocenters.